The summed E-state index contributed by atoms with van der Waals surface area (Å²) >= 11 is 0. The van der Waals surface area contributed by atoms with Gasteiger partial charge in [-0.3, -0.25) is 4.79 Å². The zero-order chi connectivity index (χ0) is 11.0. The summed E-state index contributed by atoms with van der Waals surface area (Å²) in [5, 5.41) is 0. The first-order valence-electron chi connectivity index (χ1n) is 5.72. The lowest BCUT2D eigenvalue weighted by Crippen LogP contribution is -2.47. The van der Waals surface area contributed by atoms with Gasteiger partial charge in [0.1, 0.15) is 12.4 Å². The third-order valence-electron chi connectivity index (χ3n) is 3.37. The quantitative estimate of drug-likeness (QED) is 0.690. The molecule has 2 aliphatic rings. The molecule has 2 aliphatic heterocycles. The molecule has 0 radical (unpaired) electrons. The second-order valence-corrected chi connectivity index (χ2v) is 4.34. The Bertz CT molecular complexity index is 396. The number of amides is 1. The molecule has 0 bridgehead atoms. The van der Waals surface area contributed by atoms with Crippen LogP contribution < -0.4 is 0 Å². The Hall–Kier alpha value is -1.36. The van der Waals surface area contributed by atoms with Gasteiger partial charge in [-0.05, 0) is 12.8 Å². The maximum atomic E-state index is 12.0. The van der Waals surface area contributed by atoms with Crippen molar-refractivity contribution < 1.29 is 9.53 Å². The van der Waals surface area contributed by atoms with Gasteiger partial charge in [-0.1, -0.05) is 0 Å². The van der Waals surface area contributed by atoms with Crippen LogP contribution in [0.25, 0.3) is 0 Å². The summed E-state index contributed by atoms with van der Waals surface area (Å²) < 4.78 is 7.25. The molecule has 0 aliphatic carbocycles. The number of ether oxygens (including phenoxy) is 1. The van der Waals surface area contributed by atoms with E-state index in [4.69, 9.17) is 4.74 Å². The van der Waals surface area contributed by atoms with Gasteiger partial charge in [-0.25, -0.2) is 4.98 Å². The predicted octanol–water partition coefficient (Wildman–Crippen LogP) is 0.404. The topological polar surface area (TPSA) is 47.4 Å². The number of carbonyl (C=O) groups excluding carboxylic acids is 1. The minimum Gasteiger partial charge on any atom is -0.381 e. The third kappa shape index (κ3) is 1.61. The van der Waals surface area contributed by atoms with Crippen LogP contribution in [-0.2, 0) is 22.6 Å². The summed E-state index contributed by atoms with van der Waals surface area (Å²) in [6.07, 6.45) is 5.53. The molecule has 0 unspecified atom stereocenters. The highest BCUT2D eigenvalue weighted by Gasteiger charge is 2.30. The molecule has 86 valence electrons. The van der Waals surface area contributed by atoms with Gasteiger partial charge in [-0.2, -0.15) is 0 Å². The lowest BCUT2D eigenvalue weighted by atomic mass is 10.1. The van der Waals surface area contributed by atoms with Crippen molar-refractivity contribution in [2.75, 3.05) is 13.2 Å². The van der Waals surface area contributed by atoms with E-state index >= 15 is 0 Å². The van der Waals surface area contributed by atoms with Crippen molar-refractivity contribution in [2.24, 2.45) is 0 Å². The first-order chi connectivity index (χ1) is 7.84. The molecule has 1 aromatic heterocycles. The molecule has 0 saturated carbocycles. The number of aromatic nitrogens is 2. The Morgan fingerprint density at radius 3 is 2.94 bits per heavy atom. The molecule has 1 saturated heterocycles. The first-order valence-corrected chi connectivity index (χ1v) is 5.72. The van der Waals surface area contributed by atoms with E-state index in [0.717, 1.165) is 31.9 Å². The smallest absolute Gasteiger partial charge is 0.243 e. The first kappa shape index (κ1) is 9.84. The Balaban J connectivity index is 1.79. The Labute approximate surface area is 94.0 Å². The lowest BCUT2D eigenvalue weighted by Gasteiger charge is -2.36. The fourth-order valence-corrected chi connectivity index (χ4v) is 2.44. The number of carbonyl (C=O) groups is 1. The summed E-state index contributed by atoms with van der Waals surface area (Å²) in [4.78, 5) is 18.2. The molecule has 0 spiro atoms. The third-order valence-corrected chi connectivity index (χ3v) is 3.37. The van der Waals surface area contributed by atoms with Gasteiger partial charge in [0.25, 0.3) is 0 Å². The van der Waals surface area contributed by atoms with Crippen LogP contribution in [0.2, 0.25) is 0 Å². The van der Waals surface area contributed by atoms with Crippen LogP contribution in [0.5, 0.6) is 0 Å². The van der Waals surface area contributed by atoms with Crippen molar-refractivity contribution in [3.8, 4) is 0 Å². The van der Waals surface area contributed by atoms with Gasteiger partial charge >= 0.3 is 0 Å². The van der Waals surface area contributed by atoms with Crippen LogP contribution >= 0.6 is 0 Å². The van der Waals surface area contributed by atoms with Crippen molar-refractivity contribution in [1.82, 2.24) is 14.5 Å². The van der Waals surface area contributed by atoms with Crippen LogP contribution in [0.3, 0.4) is 0 Å². The lowest BCUT2D eigenvalue weighted by molar-refractivity contribution is -0.138. The van der Waals surface area contributed by atoms with Crippen LogP contribution in [0.15, 0.2) is 12.4 Å². The molecule has 5 nitrogen and oxygen atoms in total. The van der Waals surface area contributed by atoms with E-state index in [1.54, 1.807) is 6.20 Å². The summed E-state index contributed by atoms with van der Waals surface area (Å²) in [7, 11) is 0. The minimum atomic E-state index is 0.206. The maximum Gasteiger partial charge on any atom is 0.243 e. The van der Waals surface area contributed by atoms with E-state index in [2.05, 4.69) is 4.98 Å². The average Bonchev–Trinajstić information content (AvgIpc) is 2.76. The normalized spacial score (nSPS) is 22.2. The van der Waals surface area contributed by atoms with Crippen LogP contribution in [0.4, 0.5) is 0 Å². The highest BCUT2D eigenvalue weighted by atomic mass is 16.5. The summed E-state index contributed by atoms with van der Waals surface area (Å²) in [6, 6.07) is 0.340. The van der Waals surface area contributed by atoms with E-state index in [-0.39, 0.29) is 5.91 Å². The number of nitrogens with zero attached hydrogens (tertiary/aromatic N) is 3. The van der Waals surface area contributed by atoms with Gasteiger partial charge in [0.15, 0.2) is 0 Å². The van der Waals surface area contributed by atoms with E-state index in [0.29, 0.717) is 19.1 Å². The van der Waals surface area contributed by atoms with E-state index in [9.17, 15) is 4.79 Å². The van der Waals surface area contributed by atoms with Crippen LogP contribution in [0, 0.1) is 0 Å². The number of hydrogen-bond donors (Lipinski definition) is 0. The fraction of sp³-hybridized carbons (Fsp3) is 0.636. The van der Waals surface area contributed by atoms with Crippen molar-refractivity contribution in [1.29, 1.82) is 0 Å². The summed E-state index contributed by atoms with van der Waals surface area (Å²) in [5.74, 6) is 1.20. The van der Waals surface area contributed by atoms with Crippen molar-refractivity contribution in [3.05, 3.63) is 18.2 Å². The van der Waals surface area contributed by atoms with Crippen LogP contribution in [-0.4, -0.2) is 39.6 Å². The second kappa shape index (κ2) is 3.90. The summed E-state index contributed by atoms with van der Waals surface area (Å²) in [5.41, 5.74) is 0. The predicted molar refractivity (Wildman–Crippen MR) is 56.6 cm³/mol. The number of rotatable bonds is 1. The largest absolute Gasteiger partial charge is 0.381 e. The number of hydrogen-bond acceptors (Lipinski definition) is 3. The molecule has 5 heteroatoms. The van der Waals surface area contributed by atoms with Gasteiger partial charge < -0.3 is 14.2 Å². The molecule has 3 rings (SSSR count). The molecule has 0 aromatic carbocycles. The van der Waals surface area contributed by atoms with Gasteiger partial charge in [-0.15, -0.1) is 0 Å². The molecule has 1 amide bonds. The van der Waals surface area contributed by atoms with E-state index < -0.39 is 0 Å². The molecule has 1 aromatic rings. The molecule has 16 heavy (non-hydrogen) atoms. The highest BCUT2D eigenvalue weighted by molar-refractivity contribution is 5.77. The molecule has 3 heterocycles. The minimum absolute atomic E-state index is 0.206. The SMILES string of the molecule is O=C1Cn2ccnc2CN1C1CCOCC1. The molecule has 1 fully saturated rings. The molecule has 0 N–H and O–H groups in total. The van der Waals surface area contributed by atoms with E-state index in [1.165, 1.54) is 0 Å². The Kier molecular flexibility index (Phi) is 2.40. The maximum absolute atomic E-state index is 12.0. The van der Waals surface area contributed by atoms with Gasteiger partial charge in [0.2, 0.25) is 5.91 Å². The Morgan fingerprint density at radius 2 is 2.12 bits per heavy atom. The molecular weight excluding hydrogens is 206 g/mol. The zero-order valence-electron chi connectivity index (χ0n) is 9.13. The van der Waals surface area contributed by atoms with Crippen molar-refractivity contribution in [3.63, 3.8) is 0 Å². The standard InChI is InChI=1S/C11H15N3O2/c15-11-8-13-4-3-12-10(13)7-14(11)9-1-5-16-6-2-9/h3-4,9H,1-2,5-8H2. The van der Waals surface area contributed by atoms with E-state index in [1.807, 2.05) is 15.7 Å². The zero-order valence-corrected chi connectivity index (χ0v) is 9.13. The van der Waals surface area contributed by atoms with Crippen LogP contribution in [0.1, 0.15) is 18.7 Å². The van der Waals surface area contributed by atoms with Gasteiger partial charge in [0.05, 0.1) is 6.54 Å². The average molecular weight is 221 g/mol. The number of imidazole rings is 1. The fourth-order valence-electron chi connectivity index (χ4n) is 2.44. The monoisotopic (exact) mass is 221 g/mol. The second-order valence-electron chi connectivity index (χ2n) is 4.34. The van der Waals surface area contributed by atoms with Crippen molar-refractivity contribution in [2.45, 2.75) is 32.0 Å². The summed E-state index contributed by atoms with van der Waals surface area (Å²) in [6.45, 7) is 2.62. The highest BCUT2D eigenvalue weighted by Crippen LogP contribution is 2.20. The Morgan fingerprint density at radius 1 is 1.31 bits per heavy atom. The van der Waals surface area contributed by atoms with Crippen molar-refractivity contribution >= 4 is 5.91 Å². The van der Waals surface area contributed by atoms with Gasteiger partial charge in [0, 0.05) is 31.6 Å². The molecule has 0 atom stereocenters. The number of fused-ring (bicyclic) bond motifs is 1. The molecular formula is C11H15N3O2.